The quantitative estimate of drug-likeness (QED) is 0.624. The first kappa shape index (κ1) is 7.39. The number of aromatic hydroxyl groups is 1. The molecule has 0 aliphatic heterocycles. The van der Waals surface area contributed by atoms with E-state index in [9.17, 15) is 5.11 Å². The molecule has 1 saturated carbocycles. The lowest BCUT2D eigenvalue weighted by molar-refractivity contribution is 0.469. The fraction of sp³-hybridized carbons (Fsp3) is 0.455. The van der Waals surface area contributed by atoms with Gasteiger partial charge in [-0.25, -0.2) is 0 Å². The smallest absolute Gasteiger partial charge is 0.119 e. The van der Waals surface area contributed by atoms with Gasteiger partial charge in [0.2, 0.25) is 0 Å². The van der Waals surface area contributed by atoms with E-state index < -0.39 is 0 Å². The molecule has 3 rings (SSSR count). The molecule has 2 unspecified atom stereocenters. The van der Waals surface area contributed by atoms with Crippen molar-refractivity contribution < 1.29 is 5.11 Å². The Morgan fingerprint density at radius 2 is 2.23 bits per heavy atom. The molecule has 13 heavy (non-hydrogen) atoms. The predicted octanol–water partition coefficient (Wildman–Crippen LogP) is 1.31. The van der Waals surface area contributed by atoms with Crippen LogP contribution in [0.4, 0.5) is 0 Å². The average Bonchev–Trinajstić information content (AvgIpc) is 2.57. The normalized spacial score (nSPS) is 35.0. The third kappa shape index (κ3) is 0.767. The minimum Gasteiger partial charge on any atom is -0.508 e. The molecule has 0 aromatic heterocycles. The molecule has 0 bridgehead atoms. The molecule has 2 atom stereocenters. The summed E-state index contributed by atoms with van der Waals surface area (Å²) in [7, 11) is 0. The molecule has 1 aromatic carbocycles. The van der Waals surface area contributed by atoms with Gasteiger partial charge in [-0.3, -0.25) is 0 Å². The van der Waals surface area contributed by atoms with Crippen LogP contribution < -0.4 is 5.73 Å². The Labute approximate surface area is 77.4 Å². The van der Waals surface area contributed by atoms with Crippen LogP contribution >= 0.6 is 0 Å². The topological polar surface area (TPSA) is 46.2 Å². The van der Waals surface area contributed by atoms with Crippen molar-refractivity contribution in [3.8, 4) is 5.75 Å². The van der Waals surface area contributed by atoms with Crippen LogP contribution in [0.2, 0.25) is 0 Å². The van der Waals surface area contributed by atoms with Gasteiger partial charge in [-0.05, 0) is 36.5 Å². The van der Waals surface area contributed by atoms with E-state index in [1.165, 1.54) is 5.56 Å². The maximum atomic E-state index is 9.64. The second-order valence-electron chi connectivity index (χ2n) is 4.27. The summed E-state index contributed by atoms with van der Waals surface area (Å²) in [6.07, 6.45) is 3.22. The summed E-state index contributed by atoms with van der Waals surface area (Å²) in [5, 5.41) is 9.64. The van der Waals surface area contributed by atoms with Crippen LogP contribution in [-0.4, -0.2) is 11.1 Å². The number of rotatable bonds is 0. The molecule has 3 N–H and O–H groups in total. The van der Waals surface area contributed by atoms with E-state index in [0.717, 1.165) is 24.8 Å². The van der Waals surface area contributed by atoms with Gasteiger partial charge in [0.15, 0.2) is 0 Å². The zero-order chi connectivity index (χ0) is 9.05. The number of fused-ring (bicyclic) bond motifs is 2. The van der Waals surface area contributed by atoms with Gasteiger partial charge in [0, 0.05) is 11.5 Å². The fourth-order valence-corrected chi connectivity index (χ4v) is 2.72. The van der Waals surface area contributed by atoms with Gasteiger partial charge >= 0.3 is 0 Å². The molecule has 2 heteroatoms. The third-order valence-electron chi connectivity index (χ3n) is 3.64. The lowest BCUT2D eigenvalue weighted by Crippen LogP contribution is -2.14. The van der Waals surface area contributed by atoms with Crippen molar-refractivity contribution in [3.05, 3.63) is 29.3 Å². The molecule has 0 radical (unpaired) electrons. The number of hydrogen-bond acceptors (Lipinski definition) is 2. The first-order valence-corrected chi connectivity index (χ1v) is 4.81. The standard InChI is InChI=1S/C11H13NO/c12-10-6-11(10)5-4-7-8(11)2-1-3-9(7)13/h1-3,10,13H,4-6,12H2. The predicted molar refractivity (Wildman–Crippen MR) is 50.7 cm³/mol. The molecule has 68 valence electrons. The maximum absolute atomic E-state index is 9.64. The van der Waals surface area contributed by atoms with Gasteiger partial charge in [0.25, 0.3) is 0 Å². The van der Waals surface area contributed by atoms with Crippen LogP contribution in [0.15, 0.2) is 18.2 Å². The molecule has 2 aliphatic rings. The van der Waals surface area contributed by atoms with Gasteiger partial charge in [-0.15, -0.1) is 0 Å². The number of phenols is 1. The summed E-state index contributed by atoms with van der Waals surface area (Å²) in [4.78, 5) is 0. The van der Waals surface area contributed by atoms with E-state index in [0.29, 0.717) is 11.8 Å². The van der Waals surface area contributed by atoms with Crippen LogP contribution in [-0.2, 0) is 11.8 Å². The molecule has 2 nitrogen and oxygen atoms in total. The summed E-state index contributed by atoms with van der Waals surface area (Å²) in [5.74, 6) is 0.452. The van der Waals surface area contributed by atoms with E-state index >= 15 is 0 Å². The van der Waals surface area contributed by atoms with E-state index in [2.05, 4.69) is 6.07 Å². The Hall–Kier alpha value is -1.02. The first-order chi connectivity index (χ1) is 6.24. The Morgan fingerprint density at radius 3 is 2.92 bits per heavy atom. The molecule has 0 heterocycles. The van der Waals surface area contributed by atoms with Crippen LogP contribution in [0.25, 0.3) is 0 Å². The van der Waals surface area contributed by atoms with Crippen molar-refractivity contribution in [3.63, 3.8) is 0 Å². The second kappa shape index (κ2) is 2.07. The first-order valence-electron chi connectivity index (χ1n) is 4.81. The summed E-state index contributed by atoms with van der Waals surface area (Å²) in [6, 6.07) is 6.14. The Bertz CT molecular complexity index is 374. The summed E-state index contributed by atoms with van der Waals surface area (Å²) in [5.41, 5.74) is 8.63. The molecule has 1 aromatic rings. The molecule has 2 aliphatic carbocycles. The average molecular weight is 175 g/mol. The fourth-order valence-electron chi connectivity index (χ4n) is 2.72. The Morgan fingerprint density at radius 1 is 1.46 bits per heavy atom. The molecule has 1 fully saturated rings. The van der Waals surface area contributed by atoms with Crippen molar-refractivity contribution in [1.29, 1.82) is 0 Å². The highest BCUT2D eigenvalue weighted by Crippen LogP contribution is 2.56. The van der Waals surface area contributed by atoms with Crippen LogP contribution in [0.5, 0.6) is 5.75 Å². The van der Waals surface area contributed by atoms with Gasteiger partial charge in [0.05, 0.1) is 0 Å². The number of hydrogen-bond donors (Lipinski definition) is 2. The highest BCUT2D eigenvalue weighted by molar-refractivity contribution is 5.52. The lowest BCUT2D eigenvalue weighted by Gasteiger charge is -2.09. The molecule has 0 saturated heterocycles. The third-order valence-corrected chi connectivity index (χ3v) is 3.64. The van der Waals surface area contributed by atoms with Crippen molar-refractivity contribution >= 4 is 0 Å². The summed E-state index contributed by atoms with van der Waals surface area (Å²) < 4.78 is 0. The highest BCUT2D eigenvalue weighted by atomic mass is 16.3. The van der Waals surface area contributed by atoms with E-state index in [4.69, 9.17) is 5.73 Å². The molecule has 0 amide bonds. The maximum Gasteiger partial charge on any atom is 0.119 e. The van der Waals surface area contributed by atoms with E-state index in [1.54, 1.807) is 6.07 Å². The van der Waals surface area contributed by atoms with Crippen LogP contribution in [0, 0.1) is 0 Å². The van der Waals surface area contributed by atoms with E-state index in [-0.39, 0.29) is 5.41 Å². The zero-order valence-corrected chi connectivity index (χ0v) is 7.46. The lowest BCUT2D eigenvalue weighted by atomic mass is 9.97. The van der Waals surface area contributed by atoms with Crippen LogP contribution in [0.1, 0.15) is 24.0 Å². The zero-order valence-electron chi connectivity index (χ0n) is 7.46. The number of nitrogens with two attached hydrogens (primary N) is 1. The molecule has 1 spiro atoms. The van der Waals surface area contributed by atoms with Crippen LogP contribution in [0.3, 0.4) is 0 Å². The summed E-state index contributed by atoms with van der Waals surface area (Å²) >= 11 is 0. The minimum atomic E-state index is 0.244. The Balaban J connectivity index is 2.18. The van der Waals surface area contributed by atoms with Gasteiger partial charge in [0.1, 0.15) is 5.75 Å². The molecular formula is C11H13NO. The largest absolute Gasteiger partial charge is 0.508 e. The molecular weight excluding hydrogens is 162 g/mol. The van der Waals surface area contributed by atoms with Crippen molar-refractivity contribution in [1.82, 2.24) is 0 Å². The SMILES string of the molecule is NC1CC12CCc1c(O)cccc12. The minimum absolute atomic E-state index is 0.244. The van der Waals surface area contributed by atoms with Crippen molar-refractivity contribution in [2.24, 2.45) is 5.73 Å². The van der Waals surface area contributed by atoms with Gasteiger partial charge in [-0.2, -0.15) is 0 Å². The number of benzene rings is 1. The summed E-state index contributed by atoms with van der Waals surface area (Å²) in [6.45, 7) is 0. The second-order valence-corrected chi connectivity index (χ2v) is 4.27. The van der Waals surface area contributed by atoms with Crippen molar-refractivity contribution in [2.75, 3.05) is 0 Å². The van der Waals surface area contributed by atoms with Crippen molar-refractivity contribution in [2.45, 2.75) is 30.7 Å². The van der Waals surface area contributed by atoms with Gasteiger partial charge in [-0.1, -0.05) is 12.1 Å². The van der Waals surface area contributed by atoms with Gasteiger partial charge < -0.3 is 10.8 Å². The highest BCUT2D eigenvalue weighted by Gasteiger charge is 2.56. The number of phenolic OH excluding ortho intramolecular Hbond substituents is 1. The van der Waals surface area contributed by atoms with E-state index in [1.807, 2.05) is 6.07 Å². The Kier molecular flexibility index (Phi) is 1.18. The monoisotopic (exact) mass is 175 g/mol.